The normalized spacial score (nSPS) is 11.5. The van der Waals surface area contributed by atoms with Crippen molar-refractivity contribution in [3.8, 4) is 0 Å². The number of sulfonamides is 1. The summed E-state index contributed by atoms with van der Waals surface area (Å²) in [6.45, 7) is 0. The summed E-state index contributed by atoms with van der Waals surface area (Å²) in [4.78, 5) is 4.70. The summed E-state index contributed by atoms with van der Waals surface area (Å²) in [5.41, 5.74) is 5.98. The summed E-state index contributed by atoms with van der Waals surface area (Å²) >= 11 is 4.64. The third kappa shape index (κ3) is 3.27. The molecule has 8 heteroatoms. The van der Waals surface area contributed by atoms with Gasteiger partial charge >= 0.3 is 0 Å². The maximum absolute atomic E-state index is 11.4. The van der Waals surface area contributed by atoms with Crippen LogP contribution >= 0.6 is 27.7 Å². The number of primary sulfonamides is 1. The Morgan fingerprint density at radius 1 is 1.21 bits per heavy atom. The third-order valence-corrected chi connectivity index (χ3v) is 5.23. The summed E-state index contributed by atoms with van der Waals surface area (Å²) in [6, 6.07) is 8.32. The first-order valence-corrected chi connectivity index (χ1v) is 8.25. The maximum atomic E-state index is 11.4. The van der Waals surface area contributed by atoms with Crippen molar-refractivity contribution in [2.45, 2.75) is 14.8 Å². The number of nitrogens with zero attached hydrogens (tertiary/aromatic N) is 1. The number of hydrogen-bond acceptors (Lipinski definition) is 5. The Kier molecular flexibility index (Phi) is 4.14. The molecule has 0 aliphatic heterocycles. The molecule has 1 heterocycles. The molecule has 5 nitrogen and oxygen atoms in total. The standard InChI is InChI=1S/C11H10BrN3O2S2/c12-7-3-2-6-15-11(7)18-8-4-1-5-9(10(8)13)19(14,16)17/h1-6H,13H2,(H2,14,16,17). The molecule has 0 radical (unpaired) electrons. The number of para-hydroxylation sites is 1. The van der Waals surface area contributed by atoms with E-state index in [1.165, 1.54) is 17.8 Å². The van der Waals surface area contributed by atoms with E-state index in [-0.39, 0.29) is 10.6 Å². The van der Waals surface area contributed by atoms with Crippen LogP contribution in [-0.2, 0) is 10.0 Å². The average molecular weight is 360 g/mol. The van der Waals surface area contributed by atoms with Crippen molar-refractivity contribution in [2.75, 3.05) is 5.73 Å². The molecular weight excluding hydrogens is 350 g/mol. The molecule has 1 aromatic carbocycles. The highest BCUT2D eigenvalue weighted by Crippen LogP contribution is 2.36. The van der Waals surface area contributed by atoms with E-state index >= 15 is 0 Å². The van der Waals surface area contributed by atoms with Crippen LogP contribution in [0.4, 0.5) is 5.69 Å². The minimum Gasteiger partial charge on any atom is -0.397 e. The van der Waals surface area contributed by atoms with E-state index in [1.807, 2.05) is 6.07 Å². The smallest absolute Gasteiger partial charge is 0.240 e. The van der Waals surface area contributed by atoms with Crippen molar-refractivity contribution in [3.63, 3.8) is 0 Å². The van der Waals surface area contributed by atoms with Gasteiger partial charge < -0.3 is 5.73 Å². The maximum Gasteiger partial charge on any atom is 0.240 e. The summed E-state index contributed by atoms with van der Waals surface area (Å²) in [5.74, 6) is 0. The highest BCUT2D eigenvalue weighted by molar-refractivity contribution is 9.10. The first kappa shape index (κ1) is 14.3. The molecule has 4 N–H and O–H groups in total. The SMILES string of the molecule is Nc1c(Sc2ncccc2Br)cccc1S(N)(=O)=O. The molecule has 0 atom stereocenters. The predicted octanol–water partition coefficient (Wildman–Crippen LogP) is 2.22. The second-order valence-electron chi connectivity index (χ2n) is 3.61. The molecule has 19 heavy (non-hydrogen) atoms. The molecule has 1 aromatic heterocycles. The first-order valence-electron chi connectivity index (χ1n) is 5.09. The lowest BCUT2D eigenvalue weighted by Gasteiger charge is -2.09. The molecule has 0 aliphatic carbocycles. The quantitative estimate of drug-likeness (QED) is 0.818. The van der Waals surface area contributed by atoms with Crippen LogP contribution in [0, 0.1) is 0 Å². The van der Waals surface area contributed by atoms with Crippen molar-refractivity contribution in [1.82, 2.24) is 4.98 Å². The minimum atomic E-state index is -3.83. The molecule has 100 valence electrons. The number of nitrogens with two attached hydrogens (primary N) is 2. The van der Waals surface area contributed by atoms with E-state index in [9.17, 15) is 8.42 Å². The summed E-state index contributed by atoms with van der Waals surface area (Å²) in [6.07, 6.45) is 1.65. The number of hydrogen-bond donors (Lipinski definition) is 2. The molecule has 0 unspecified atom stereocenters. The largest absolute Gasteiger partial charge is 0.397 e. The molecular formula is C11H10BrN3O2S2. The number of benzene rings is 1. The third-order valence-electron chi connectivity index (χ3n) is 2.26. The Balaban J connectivity index is 2.46. The molecule has 0 saturated heterocycles. The van der Waals surface area contributed by atoms with Gasteiger partial charge in [0, 0.05) is 11.1 Å². The van der Waals surface area contributed by atoms with E-state index in [0.717, 1.165) is 4.47 Å². The summed E-state index contributed by atoms with van der Waals surface area (Å²) in [7, 11) is -3.83. The number of aromatic nitrogens is 1. The lowest BCUT2D eigenvalue weighted by Crippen LogP contribution is -2.14. The average Bonchev–Trinajstić information content (AvgIpc) is 2.33. The minimum absolute atomic E-state index is 0.0791. The Hall–Kier alpha value is -1.09. The van der Waals surface area contributed by atoms with E-state index in [1.54, 1.807) is 24.4 Å². The first-order chi connectivity index (χ1) is 8.89. The van der Waals surface area contributed by atoms with Gasteiger partial charge in [-0.25, -0.2) is 18.5 Å². The van der Waals surface area contributed by atoms with Crippen molar-refractivity contribution < 1.29 is 8.42 Å². The molecule has 2 aromatic rings. The molecule has 0 bridgehead atoms. The molecule has 0 fully saturated rings. The highest BCUT2D eigenvalue weighted by Gasteiger charge is 2.16. The number of anilines is 1. The second kappa shape index (κ2) is 5.49. The fourth-order valence-corrected chi connectivity index (χ4v) is 3.51. The zero-order valence-corrected chi connectivity index (χ0v) is 12.8. The van der Waals surface area contributed by atoms with Gasteiger partial charge in [0.05, 0.1) is 10.2 Å². The molecule has 0 saturated carbocycles. The Morgan fingerprint density at radius 2 is 1.95 bits per heavy atom. The van der Waals surface area contributed by atoms with Gasteiger partial charge in [0.1, 0.15) is 9.92 Å². The van der Waals surface area contributed by atoms with Gasteiger partial charge in [-0.1, -0.05) is 17.8 Å². The molecule has 0 spiro atoms. The van der Waals surface area contributed by atoms with Gasteiger partial charge in [0.15, 0.2) is 0 Å². The van der Waals surface area contributed by atoms with Crippen molar-refractivity contribution in [1.29, 1.82) is 0 Å². The predicted molar refractivity (Wildman–Crippen MR) is 78.3 cm³/mol. The van der Waals surface area contributed by atoms with Gasteiger partial charge in [0.2, 0.25) is 10.0 Å². The van der Waals surface area contributed by atoms with Crippen molar-refractivity contribution in [2.24, 2.45) is 5.14 Å². The van der Waals surface area contributed by atoms with E-state index < -0.39 is 10.0 Å². The fraction of sp³-hybridized carbons (Fsp3) is 0. The number of rotatable bonds is 3. The van der Waals surface area contributed by atoms with Gasteiger partial charge in [-0.2, -0.15) is 0 Å². The van der Waals surface area contributed by atoms with Gasteiger partial charge in [0.25, 0.3) is 0 Å². The Labute approximate surface area is 123 Å². The lowest BCUT2D eigenvalue weighted by atomic mass is 10.3. The zero-order valence-electron chi connectivity index (χ0n) is 9.58. The van der Waals surface area contributed by atoms with Crippen molar-refractivity contribution >= 4 is 43.4 Å². The number of pyridine rings is 1. The van der Waals surface area contributed by atoms with Crippen LogP contribution in [0.25, 0.3) is 0 Å². The van der Waals surface area contributed by atoms with Crippen LogP contribution in [0.1, 0.15) is 0 Å². The molecule has 0 amide bonds. The Bertz CT molecular complexity index is 720. The van der Waals surface area contributed by atoms with Crippen LogP contribution in [0.3, 0.4) is 0 Å². The fourth-order valence-electron chi connectivity index (χ4n) is 1.41. The molecule has 0 aliphatic rings. The van der Waals surface area contributed by atoms with Gasteiger partial charge in [-0.05, 0) is 40.2 Å². The number of halogens is 1. The second-order valence-corrected chi connectivity index (χ2v) is 7.02. The highest BCUT2D eigenvalue weighted by atomic mass is 79.9. The molecule has 2 rings (SSSR count). The topological polar surface area (TPSA) is 99.1 Å². The van der Waals surface area contributed by atoms with Crippen LogP contribution in [0.5, 0.6) is 0 Å². The monoisotopic (exact) mass is 359 g/mol. The van der Waals surface area contributed by atoms with Crippen LogP contribution in [0.15, 0.2) is 55.8 Å². The summed E-state index contributed by atoms with van der Waals surface area (Å²) in [5, 5.41) is 5.80. The van der Waals surface area contributed by atoms with E-state index in [0.29, 0.717) is 9.92 Å². The van der Waals surface area contributed by atoms with Crippen LogP contribution < -0.4 is 10.9 Å². The lowest BCUT2D eigenvalue weighted by molar-refractivity contribution is 0.598. The Morgan fingerprint density at radius 3 is 2.58 bits per heavy atom. The van der Waals surface area contributed by atoms with Gasteiger partial charge in [-0.15, -0.1) is 0 Å². The zero-order chi connectivity index (χ0) is 14.0. The van der Waals surface area contributed by atoms with Crippen molar-refractivity contribution in [3.05, 3.63) is 41.0 Å². The van der Waals surface area contributed by atoms with E-state index in [4.69, 9.17) is 10.9 Å². The summed E-state index contributed by atoms with van der Waals surface area (Å²) < 4.78 is 23.6. The number of nitrogen functional groups attached to an aromatic ring is 1. The van der Waals surface area contributed by atoms with E-state index in [2.05, 4.69) is 20.9 Å². The van der Waals surface area contributed by atoms with Gasteiger partial charge in [-0.3, -0.25) is 0 Å². The van der Waals surface area contributed by atoms with Crippen LogP contribution in [-0.4, -0.2) is 13.4 Å². The van der Waals surface area contributed by atoms with Crippen LogP contribution in [0.2, 0.25) is 0 Å².